The maximum absolute atomic E-state index is 13.8. The number of hydrogen-bond acceptors (Lipinski definition) is 9. The van der Waals surface area contributed by atoms with E-state index in [1.807, 2.05) is 32.6 Å². The lowest BCUT2D eigenvalue weighted by Crippen LogP contribution is -2.56. The standard InChI is InChI=1S/C38H44N2O8S/c1-24-6-5-17-40(24)37(45)36(38(2,3)4)39-32(43)23-47-19-18-46-20-21-48-29-14-9-25(10-15-29)34(44)33-30-16-13-28(42)22-31(30)49-35(33)26-7-11-27(41)12-8-26/h7-16,22,24,36,41-42H,5-6,17-21,23H2,1-4H3,(H,39,43). The van der Waals surface area contributed by atoms with Gasteiger partial charge in [-0.3, -0.25) is 14.4 Å². The first-order valence-corrected chi connectivity index (χ1v) is 17.3. The van der Waals surface area contributed by atoms with Crippen molar-refractivity contribution in [3.05, 3.63) is 77.9 Å². The molecule has 3 N–H and O–H groups in total. The Morgan fingerprint density at radius 2 is 1.59 bits per heavy atom. The fourth-order valence-corrected chi connectivity index (χ4v) is 7.09. The number of nitrogens with zero attached hydrogens (tertiary/aromatic N) is 1. The topological polar surface area (TPSA) is 135 Å². The van der Waals surface area contributed by atoms with Crippen LogP contribution in [0.1, 0.15) is 56.5 Å². The summed E-state index contributed by atoms with van der Waals surface area (Å²) in [5, 5.41) is 23.4. The number of ether oxygens (including phenoxy) is 3. The second-order valence-electron chi connectivity index (χ2n) is 13.3. The number of ketones is 1. The third-order valence-electron chi connectivity index (χ3n) is 8.50. The van der Waals surface area contributed by atoms with Crippen molar-refractivity contribution in [3.8, 4) is 27.7 Å². The van der Waals surface area contributed by atoms with Crippen molar-refractivity contribution >= 4 is 39.0 Å². The molecule has 2 heterocycles. The van der Waals surface area contributed by atoms with E-state index in [-0.39, 0.29) is 61.6 Å². The van der Waals surface area contributed by atoms with E-state index in [0.29, 0.717) is 23.5 Å². The van der Waals surface area contributed by atoms with Crippen molar-refractivity contribution in [3.63, 3.8) is 0 Å². The molecule has 0 spiro atoms. The van der Waals surface area contributed by atoms with E-state index >= 15 is 0 Å². The van der Waals surface area contributed by atoms with Gasteiger partial charge in [-0.1, -0.05) is 20.8 Å². The van der Waals surface area contributed by atoms with Crippen LogP contribution in [0.2, 0.25) is 0 Å². The molecule has 3 aromatic carbocycles. The van der Waals surface area contributed by atoms with Gasteiger partial charge in [-0.25, -0.2) is 0 Å². The summed E-state index contributed by atoms with van der Waals surface area (Å²) in [4.78, 5) is 42.1. The van der Waals surface area contributed by atoms with Gasteiger partial charge in [0.05, 0.1) is 19.8 Å². The zero-order valence-corrected chi connectivity index (χ0v) is 29.2. The predicted molar refractivity (Wildman–Crippen MR) is 189 cm³/mol. The lowest BCUT2D eigenvalue weighted by molar-refractivity contribution is -0.141. The molecule has 260 valence electrons. The number of phenols is 2. The lowest BCUT2D eigenvalue weighted by Gasteiger charge is -2.35. The van der Waals surface area contributed by atoms with E-state index < -0.39 is 11.5 Å². The third kappa shape index (κ3) is 8.97. The second-order valence-corrected chi connectivity index (χ2v) is 14.3. The Balaban J connectivity index is 1.06. The molecule has 1 saturated heterocycles. The summed E-state index contributed by atoms with van der Waals surface area (Å²) < 4.78 is 17.6. The number of amides is 2. The molecule has 1 aliphatic rings. The number of nitrogens with one attached hydrogen (secondary N) is 1. The number of likely N-dealkylation sites (tertiary alicyclic amines) is 1. The van der Waals surface area contributed by atoms with Gasteiger partial charge >= 0.3 is 0 Å². The Morgan fingerprint density at radius 3 is 2.27 bits per heavy atom. The number of rotatable bonds is 14. The van der Waals surface area contributed by atoms with Crippen molar-refractivity contribution in [2.75, 3.05) is 39.6 Å². The summed E-state index contributed by atoms with van der Waals surface area (Å²) in [6.07, 6.45) is 1.95. The van der Waals surface area contributed by atoms with Crippen LogP contribution >= 0.6 is 11.3 Å². The summed E-state index contributed by atoms with van der Waals surface area (Å²) >= 11 is 1.41. The van der Waals surface area contributed by atoms with Crippen LogP contribution < -0.4 is 10.1 Å². The average Bonchev–Trinajstić information content (AvgIpc) is 3.67. The zero-order valence-electron chi connectivity index (χ0n) is 28.4. The van der Waals surface area contributed by atoms with Crippen LogP contribution in [-0.2, 0) is 19.1 Å². The number of hydrogen-bond donors (Lipinski definition) is 3. The van der Waals surface area contributed by atoms with Crippen molar-refractivity contribution in [2.45, 2.75) is 52.6 Å². The highest BCUT2D eigenvalue weighted by atomic mass is 32.1. The molecule has 1 fully saturated rings. The van der Waals surface area contributed by atoms with E-state index in [1.54, 1.807) is 66.7 Å². The Morgan fingerprint density at radius 1 is 0.918 bits per heavy atom. The summed E-state index contributed by atoms with van der Waals surface area (Å²) in [5.74, 6) is 0.290. The van der Waals surface area contributed by atoms with Gasteiger partial charge in [0, 0.05) is 38.7 Å². The number of carbonyl (C=O) groups excluding carboxylic acids is 3. The largest absolute Gasteiger partial charge is 0.508 e. The molecule has 1 aromatic heterocycles. The van der Waals surface area contributed by atoms with Gasteiger partial charge in [-0.2, -0.15) is 0 Å². The molecule has 2 unspecified atom stereocenters. The van der Waals surface area contributed by atoms with Crippen molar-refractivity contribution in [1.29, 1.82) is 0 Å². The van der Waals surface area contributed by atoms with Crippen LogP contribution in [-0.4, -0.2) is 84.4 Å². The molecule has 4 aromatic rings. The van der Waals surface area contributed by atoms with Crippen LogP contribution in [0.4, 0.5) is 0 Å². The normalized spacial score (nSPS) is 15.3. The van der Waals surface area contributed by atoms with Gasteiger partial charge in [0.25, 0.3) is 0 Å². The maximum Gasteiger partial charge on any atom is 0.246 e. The van der Waals surface area contributed by atoms with E-state index in [4.69, 9.17) is 14.2 Å². The lowest BCUT2D eigenvalue weighted by atomic mass is 9.85. The van der Waals surface area contributed by atoms with E-state index in [1.165, 1.54) is 11.3 Å². The first-order chi connectivity index (χ1) is 23.4. The summed E-state index contributed by atoms with van der Waals surface area (Å²) in [5.41, 5.74) is 1.38. The minimum absolute atomic E-state index is 0.0480. The third-order valence-corrected chi connectivity index (χ3v) is 9.70. The van der Waals surface area contributed by atoms with Crippen LogP contribution in [0, 0.1) is 5.41 Å². The molecule has 1 aliphatic heterocycles. The summed E-state index contributed by atoms with van der Waals surface area (Å²) in [6.45, 7) is 9.48. The molecular formula is C38H44N2O8S. The van der Waals surface area contributed by atoms with Gasteiger partial charge in [-0.15, -0.1) is 11.3 Å². The van der Waals surface area contributed by atoms with Gasteiger partial charge in [0.2, 0.25) is 11.8 Å². The van der Waals surface area contributed by atoms with E-state index in [0.717, 1.165) is 39.9 Å². The SMILES string of the molecule is CC1CCCN1C(=O)C(NC(=O)COCCOCCOc1ccc(C(=O)c2c(-c3ccc(O)cc3)sc3cc(O)ccc23)cc1)C(C)(C)C. The fraction of sp³-hybridized carbons (Fsp3) is 0.395. The minimum atomic E-state index is -0.626. The highest BCUT2D eigenvalue weighted by Gasteiger charge is 2.38. The molecule has 49 heavy (non-hydrogen) atoms. The molecule has 0 radical (unpaired) electrons. The minimum Gasteiger partial charge on any atom is -0.508 e. The Hall–Kier alpha value is -4.45. The number of phenolic OH excluding ortho intramolecular Hbond substituents is 2. The summed E-state index contributed by atoms with van der Waals surface area (Å²) in [6, 6.07) is 18.1. The highest BCUT2D eigenvalue weighted by molar-refractivity contribution is 7.22. The van der Waals surface area contributed by atoms with Crippen molar-refractivity contribution in [1.82, 2.24) is 10.2 Å². The molecule has 0 saturated carbocycles. The van der Waals surface area contributed by atoms with Crippen LogP contribution in [0.3, 0.4) is 0 Å². The number of carbonyl (C=O) groups is 3. The molecule has 0 bridgehead atoms. The second kappa shape index (κ2) is 15.8. The number of benzene rings is 3. The van der Waals surface area contributed by atoms with Crippen LogP contribution in [0.15, 0.2) is 66.7 Å². The van der Waals surface area contributed by atoms with E-state index in [2.05, 4.69) is 5.32 Å². The molecule has 2 amide bonds. The van der Waals surface area contributed by atoms with Gasteiger partial charge in [0.1, 0.15) is 36.5 Å². The fourth-order valence-electron chi connectivity index (χ4n) is 5.85. The first-order valence-electron chi connectivity index (χ1n) is 16.5. The van der Waals surface area contributed by atoms with Crippen molar-refractivity contribution in [2.24, 2.45) is 5.41 Å². The van der Waals surface area contributed by atoms with Crippen LogP contribution in [0.25, 0.3) is 20.5 Å². The zero-order chi connectivity index (χ0) is 35.1. The quantitative estimate of drug-likeness (QED) is 0.106. The van der Waals surface area contributed by atoms with Gasteiger partial charge in [-0.05, 0) is 97.5 Å². The highest BCUT2D eigenvalue weighted by Crippen LogP contribution is 2.41. The first kappa shape index (κ1) is 35.8. The predicted octanol–water partition coefficient (Wildman–Crippen LogP) is 6.16. The van der Waals surface area contributed by atoms with Gasteiger partial charge in [0.15, 0.2) is 5.78 Å². The average molecular weight is 689 g/mol. The molecule has 2 atom stereocenters. The maximum atomic E-state index is 13.8. The van der Waals surface area contributed by atoms with Crippen molar-refractivity contribution < 1.29 is 38.8 Å². The Bertz CT molecular complexity index is 1760. The number of thiophene rings is 1. The molecule has 10 nitrogen and oxygen atoms in total. The summed E-state index contributed by atoms with van der Waals surface area (Å²) in [7, 11) is 0. The molecule has 11 heteroatoms. The Kier molecular flexibility index (Phi) is 11.6. The van der Waals surface area contributed by atoms with Gasteiger partial charge < -0.3 is 34.6 Å². The van der Waals surface area contributed by atoms with E-state index in [9.17, 15) is 24.6 Å². The molecule has 5 rings (SSSR count). The number of aromatic hydroxyl groups is 2. The molecule has 0 aliphatic carbocycles. The smallest absolute Gasteiger partial charge is 0.246 e. The Labute approximate surface area is 290 Å². The monoisotopic (exact) mass is 688 g/mol. The molecular weight excluding hydrogens is 644 g/mol. The number of fused-ring (bicyclic) bond motifs is 1. The van der Waals surface area contributed by atoms with Crippen LogP contribution in [0.5, 0.6) is 17.2 Å².